The van der Waals surface area contributed by atoms with Crippen LogP contribution < -0.4 is 15.2 Å². The number of rotatable bonds is 4. The predicted octanol–water partition coefficient (Wildman–Crippen LogP) is 0.579. The number of anilines is 1. The molecule has 0 amide bonds. The SMILES string of the molecule is CC#CCNS(=O)(=O)c1cc(N)ccc1OC. The number of sulfonamides is 1. The van der Waals surface area contributed by atoms with E-state index in [1.807, 2.05) is 0 Å². The second-order valence-electron chi connectivity index (χ2n) is 3.16. The summed E-state index contributed by atoms with van der Waals surface area (Å²) in [4.78, 5) is 0.0119. The van der Waals surface area contributed by atoms with Gasteiger partial charge in [-0.15, -0.1) is 5.92 Å². The number of nitrogen functional groups attached to an aromatic ring is 1. The van der Waals surface area contributed by atoms with Gasteiger partial charge in [0.2, 0.25) is 10.0 Å². The van der Waals surface area contributed by atoms with E-state index in [1.165, 1.54) is 19.2 Å². The molecule has 0 bridgehead atoms. The summed E-state index contributed by atoms with van der Waals surface area (Å²) in [6.45, 7) is 1.69. The van der Waals surface area contributed by atoms with Gasteiger partial charge in [-0.05, 0) is 25.1 Å². The summed E-state index contributed by atoms with van der Waals surface area (Å²) < 4.78 is 31.2. The summed E-state index contributed by atoms with van der Waals surface area (Å²) in [5.41, 5.74) is 5.91. The van der Waals surface area contributed by atoms with Crippen LogP contribution in [0.25, 0.3) is 0 Å². The molecule has 0 saturated heterocycles. The average Bonchev–Trinajstić information content (AvgIpc) is 2.29. The van der Waals surface area contributed by atoms with E-state index in [0.29, 0.717) is 5.69 Å². The summed E-state index contributed by atoms with van der Waals surface area (Å²) >= 11 is 0. The van der Waals surface area contributed by atoms with Crippen LogP contribution in [0, 0.1) is 11.8 Å². The van der Waals surface area contributed by atoms with Gasteiger partial charge in [-0.25, -0.2) is 8.42 Å². The lowest BCUT2D eigenvalue weighted by molar-refractivity contribution is 0.402. The monoisotopic (exact) mass is 254 g/mol. The Morgan fingerprint density at radius 2 is 2.18 bits per heavy atom. The van der Waals surface area contributed by atoms with Crippen molar-refractivity contribution in [3.63, 3.8) is 0 Å². The number of hydrogen-bond acceptors (Lipinski definition) is 4. The van der Waals surface area contributed by atoms with Gasteiger partial charge in [-0.2, -0.15) is 4.72 Å². The minimum Gasteiger partial charge on any atom is -0.495 e. The topological polar surface area (TPSA) is 81.4 Å². The molecule has 0 fully saturated rings. The van der Waals surface area contributed by atoms with Crippen LogP contribution in [0.4, 0.5) is 5.69 Å². The van der Waals surface area contributed by atoms with Gasteiger partial charge in [-0.1, -0.05) is 5.92 Å². The molecule has 92 valence electrons. The molecule has 6 heteroatoms. The van der Waals surface area contributed by atoms with E-state index in [2.05, 4.69) is 16.6 Å². The molecule has 0 aliphatic carbocycles. The number of nitrogens with two attached hydrogens (primary N) is 1. The third-order valence-electron chi connectivity index (χ3n) is 2.00. The van der Waals surface area contributed by atoms with Gasteiger partial charge in [0.05, 0.1) is 13.7 Å². The molecule has 17 heavy (non-hydrogen) atoms. The third-order valence-corrected chi connectivity index (χ3v) is 3.43. The molecule has 0 unspecified atom stereocenters. The number of methoxy groups -OCH3 is 1. The molecule has 1 aromatic rings. The normalized spacial score (nSPS) is 10.5. The van der Waals surface area contributed by atoms with Gasteiger partial charge in [0.25, 0.3) is 0 Å². The Kier molecular flexibility index (Phi) is 4.37. The first-order chi connectivity index (χ1) is 8.01. The Morgan fingerprint density at radius 3 is 2.76 bits per heavy atom. The number of hydrogen-bond donors (Lipinski definition) is 2. The maximum atomic E-state index is 11.9. The van der Waals surface area contributed by atoms with E-state index in [-0.39, 0.29) is 17.2 Å². The highest BCUT2D eigenvalue weighted by molar-refractivity contribution is 7.89. The maximum Gasteiger partial charge on any atom is 0.245 e. The minimum atomic E-state index is -3.66. The smallest absolute Gasteiger partial charge is 0.245 e. The van der Waals surface area contributed by atoms with E-state index < -0.39 is 10.0 Å². The Bertz CT molecular complexity index is 556. The van der Waals surface area contributed by atoms with Crippen LogP contribution in [0.2, 0.25) is 0 Å². The average molecular weight is 254 g/mol. The van der Waals surface area contributed by atoms with Crippen molar-refractivity contribution in [2.24, 2.45) is 0 Å². The summed E-state index contributed by atoms with van der Waals surface area (Å²) in [5.74, 6) is 5.46. The van der Waals surface area contributed by atoms with Gasteiger partial charge in [0.15, 0.2) is 0 Å². The molecule has 0 aliphatic rings. The Hall–Kier alpha value is -1.71. The summed E-state index contributed by atoms with van der Waals surface area (Å²) in [6.07, 6.45) is 0. The molecular weight excluding hydrogens is 240 g/mol. The highest BCUT2D eigenvalue weighted by atomic mass is 32.2. The second kappa shape index (κ2) is 5.57. The summed E-state index contributed by atoms with van der Waals surface area (Å²) in [5, 5.41) is 0. The second-order valence-corrected chi connectivity index (χ2v) is 4.90. The minimum absolute atomic E-state index is 0.0119. The molecule has 0 saturated carbocycles. The molecule has 0 aromatic heterocycles. The lowest BCUT2D eigenvalue weighted by Gasteiger charge is -2.09. The fraction of sp³-hybridized carbons (Fsp3) is 0.273. The van der Waals surface area contributed by atoms with Crippen molar-refractivity contribution in [2.45, 2.75) is 11.8 Å². The quantitative estimate of drug-likeness (QED) is 0.608. The Morgan fingerprint density at radius 1 is 1.47 bits per heavy atom. The molecule has 0 aliphatic heterocycles. The zero-order chi connectivity index (χ0) is 12.9. The van der Waals surface area contributed by atoms with Crippen LogP contribution in [-0.2, 0) is 10.0 Å². The summed E-state index contributed by atoms with van der Waals surface area (Å²) in [6, 6.07) is 4.43. The third kappa shape index (κ3) is 3.37. The lowest BCUT2D eigenvalue weighted by atomic mass is 10.3. The number of ether oxygens (including phenoxy) is 1. The van der Waals surface area contributed by atoms with Crippen LogP contribution in [-0.4, -0.2) is 22.1 Å². The van der Waals surface area contributed by atoms with Crippen LogP contribution in [0.1, 0.15) is 6.92 Å². The summed E-state index contributed by atoms with van der Waals surface area (Å²) in [7, 11) is -2.26. The van der Waals surface area contributed by atoms with Crippen molar-refractivity contribution in [3.8, 4) is 17.6 Å². The Balaban J connectivity index is 3.11. The fourth-order valence-electron chi connectivity index (χ4n) is 1.20. The Labute approximate surface area is 101 Å². The lowest BCUT2D eigenvalue weighted by Crippen LogP contribution is -2.24. The molecule has 3 N–H and O–H groups in total. The van der Waals surface area contributed by atoms with Crippen LogP contribution in [0.3, 0.4) is 0 Å². The van der Waals surface area contributed by atoms with E-state index >= 15 is 0 Å². The van der Waals surface area contributed by atoms with Gasteiger partial charge in [-0.3, -0.25) is 0 Å². The molecule has 0 atom stereocenters. The van der Waals surface area contributed by atoms with Crippen LogP contribution in [0.5, 0.6) is 5.75 Å². The van der Waals surface area contributed by atoms with Gasteiger partial charge < -0.3 is 10.5 Å². The first-order valence-corrected chi connectivity index (χ1v) is 6.32. The molecule has 0 spiro atoms. The highest BCUT2D eigenvalue weighted by Crippen LogP contribution is 2.25. The fourth-order valence-corrected chi connectivity index (χ4v) is 2.33. The molecule has 0 radical (unpaired) electrons. The predicted molar refractivity (Wildman–Crippen MR) is 66.0 cm³/mol. The molecule has 1 aromatic carbocycles. The molecular formula is C11H14N2O3S. The molecule has 5 nitrogen and oxygen atoms in total. The zero-order valence-electron chi connectivity index (χ0n) is 9.65. The van der Waals surface area contributed by atoms with Crippen LogP contribution in [0.15, 0.2) is 23.1 Å². The van der Waals surface area contributed by atoms with Gasteiger partial charge in [0, 0.05) is 5.69 Å². The van der Waals surface area contributed by atoms with Crippen molar-refractivity contribution >= 4 is 15.7 Å². The van der Waals surface area contributed by atoms with E-state index in [0.717, 1.165) is 0 Å². The number of nitrogens with one attached hydrogen (secondary N) is 1. The standard InChI is InChI=1S/C11H14N2O3S/c1-3-4-7-13-17(14,15)11-8-9(12)5-6-10(11)16-2/h5-6,8,13H,7,12H2,1-2H3. The zero-order valence-corrected chi connectivity index (χ0v) is 10.5. The first kappa shape index (κ1) is 13.4. The highest BCUT2D eigenvalue weighted by Gasteiger charge is 2.18. The van der Waals surface area contributed by atoms with Crippen molar-refractivity contribution in [1.82, 2.24) is 4.72 Å². The van der Waals surface area contributed by atoms with Gasteiger partial charge >= 0.3 is 0 Å². The van der Waals surface area contributed by atoms with Crippen LogP contribution >= 0.6 is 0 Å². The molecule has 1 rings (SSSR count). The van der Waals surface area contributed by atoms with E-state index in [4.69, 9.17) is 10.5 Å². The maximum absolute atomic E-state index is 11.9. The van der Waals surface area contributed by atoms with Gasteiger partial charge in [0.1, 0.15) is 10.6 Å². The van der Waals surface area contributed by atoms with Crippen molar-refractivity contribution < 1.29 is 13.2 Å². The van der Waals surface area contributed by atoms with E-state index in [9.17, 15) is 8.42 Å². The first-order valence-electron chi connectivity index (χ1n) is 4.84. The van der Waals surface area contributed by atoms with Crippen molar-refractivity contribution in [2.75, 3.05) is 19.4 Å². The molecule has 0 heterocycles. The van der Waals surface area contributed by atoms with Crippen molar-refractivity contribution in [1.29, 1.82) is 0 Å². The van der Waals surface area contributed by atoms with E-state index in [1.54, 1.807) is 13.0 Å². The van der Waals surface area contributed by atoms with Crippen molar-refractivity contribution in [3.05, 3.63) is 18.2 Å². The number of benzene rings is 1. The largest absolute Gasteiger partial charge is 0.495 e.